The van der Waals surface area contributed by atoms with Crippen molar-refractivity contribution in [3.05, 3.63) is 35.9 Å². The Bertz CT molecular complexity index is 490. The van der Waals surface area contributed by atoms with Gasteiger partial charge in [0.2, 0.25) is 5.91 Å². The van der Waals surface area contributed by atoms with Gasteiger partial charge in [-0.1, -0.05) is 18.2 Å². The number of aliphatic hydroxyl groups excluding tert-OH is 1. The molecule has 1 N–H and O–H groups in total. The van der Waals surface area contributed by atoms with Crippen LogP contribution in [0.15, 0.2) is 30.3 Å². The van der Waals surface area contributed by atoms with Gasteiger partial charge in [0.05, 0.1) is 6.54 Å². The van der Waals surface area contributed by atoms with Crippen LogP contribution in [0.3, 0.4) is 0 Å². The smallest absolute Gasteiger partial charge is 0.254 e. The second kappa shape index (κ2) is 7.22. The molecule has 0 bridgehead atoms. The van der Waals surface area contributed by atoms with E-state index in [4.69, 9.17) is 5.11 Å². The van der Waals surface area contributed by atoms with E-state index in [1.165, 1.54) is 4.90 Å². The van der Waals surface area contributed by atoms with Gasteiger partial charge < -0.3 is 14.9 Å². The van der Waals surface area contributed by atoms with E-state index < -0.39 is 0 Å². The van der Waals surface area contributed by atoms with E-state index in [-0.39, 0.29) is 25.0 Å². The quantitative estimate of drug-likeness (QED) is 0.879. The fourth-order valence-corrected chi connectivity index (χ4v) is 2.65. The van der Waals surface area contributed by atoms with E-state index >= 15 is 0 Å². The fraction of sp³-hybridized carbons (Fsp3) is 0.500. The molecule has 1 aliphatic rings. The molecule has 1 atom stereocenters. The zero-order chi connectivity index (χ0) is 15.2. The highest BCUT2D eigenvalue weighted by atomic mass is 16.3. The highest BCUT2D eigenvalue weighted by Gasteiger charge is 2.27. The van der Waals surface area contributed by atoms with Crippen molar-refractivity contribution in [2.75, 3.05) is 33.3 Å². The predicted molar refractivity (Wildman–Crippen MR) is 79.8 cm³/mol. The number of hydrogen-bond acceptors (Lipinski definition) is 3. The van der Waals surface area contributed by atoms with Crippen molar-refractivity contribution in [1.82, 2.24) is 9.80 Å². The van der Waals surface area contributed by atoms with Gasteiger partial charge in [-0.3, -0.25) is 9.59 Å². The third-order valence-corrected chi connectivity index (χ3v) is 3.92. The van der Waals surface area contributed by atoms with Crippen molar-refractivity contribution in [2.24, 2.45) is 5.92 Å². The second-order valence-corrected chi connectivity index (χ2v) is 5.53. The first-order valence-corrected chi connectivity index (χ1v) is 7.31. The van der Waals surface area contributed by atoms with Gasteiger partial charge in [0.25, 0.3) is 5.91 Å². The topological polar surface area (TPSA) is 60.9 Å². The van der Waals surface area contributed by atoms with Crippen molar-refractivity contribution in [2.45, 2.75) is 12.8 Å². The number of nitrogens with zero attached hydrogens (tertiary/aromatic N) is 2. The lowest BCUT2D eigenvalue weighted by Gasteiger charge is -2.22. The van der Waals surface area contributed by atoms with Crippen LogP contribution in [0.1, 0.15) is 23.2 Å². The third kappa shape index (κ3) is 4.04. The standard InChI is InChI=1S/C16H22N2O3/c1-17(16(21)14-5-3-2-4-6-14)12-15(20)18-9-7-13(11-18)8-10-19/h2-6,13,19H,7-12H2,1H3. The SMILES string of the molecule is CN(CC(=O)N1CCC(CCO)C1)C(=O)c1ccccc1. The predicted octanol–water partition coefficient (Wildman–Crippen LogP) is 0.989. The number of carbonyl (C=O) groups excluding carboxylic acids is 2. The minimum absolute atomic E-state index is 0.0257. The van der Waals surface area contributed by atoms with E-state index in [0.29, 0.717) is 18.0 Å². The molecule has 1 aromatic carbocycles. The summed E-state index contributed by atoms with van der Waals surface area (Å²) in [4.78, 5) is 27.6. The number of carbonyl (C=O) groups is 2. The zero-order valence-electron chi connectivity index (χ0n) is 12.4. The molecule has 1 aliphatic heterocycles. The average Bonchev–Trinajstić information content (AvgIpc) is 2.96. The minimum atomic E-state index is -0.143. The zero-order valence-corrected chi connectivity index (χ0v) is 12.4. The lowest BCUT2D eigenvalue weighted by molar-refractivity contribution is -0.130. The van der Waals surface area contributed by atoms with Crippen LogP contribution >= 0.6 is 0 Å². The molecular formula is C16H22N2O3. The molecule has 0 saturated carbocycles. The first-order valence-electron chi connectivity index (χ1n) is 7.31. The first kappa shape index (κ1) is 15.5. The highest BCUT2D eigenvalue weighted by Crippen LogP contribution is 2.19. The number of likely N-dealkylation sites (tertiary alicyclic amines) is 1. The summed E-state index contributed by atoms with van der Waals surface area (Å²) in [5, 5.41) is 8.94. The van der Waals surface area contributed by atoms with Crippen LogP contribution in [0.2, 0.25) is 0 Å². The van der Waals surface area contributed by atoms with Crippen LogP contribution in [0.5, 0.6) is 0 Å². The number of likely N-dealkylation sites (N-methyl/N-ethyl adjacent to an activating group) is 1. The lowest BCUT2D eigenvalue weighted by Crippen LogP contribution is -2.40. The Morgan fingerprint density at radius 2 is 2.05 bits per heavy atom. The lowest BCUT2D eigenvalue weighted by atomic mass is 10.1. The largest absolute Gasteiger partial charge is 0.396 e. The van der Waals surface area contributed by atoms with Crippen LogP contribution < -0.4 is 0 Å². The van der Waals surface area contributed by atoms with Crippen molar-refractivity contribution >= 4 is 11.8 Å². The molecule has 21 heavy (non-hydrogen) atoms. The molecular weight excluding hydrogens is 268 g/mol. The van der Waals surface area contributed by atoms with Gasteiger partial charge in [0.1, 0.15) is 0 Å². The molecule has 0 radical (unpaired) electrons. The Kier molecular flexibility index (Phi) is 5.33. The Hall–Kier alpha value is -1.88. The Morgan fingerprint density at radius 3 is 2.71 bits per heavy atom. The summed E-state index contributed by atoms with van der Waals surface area (Å²) in [6.07, 6.45) is 1.67. The molecule has 0 spiro atoms. The van der Waals surface area contributed by atoms with Crippen LogP contribution in [0.25, 0.3) is 0 Å². The van der Waals surface area contributed by atoms with E-state index in [0.717, 1.165) is 19.4 Å². The van der Waals surface area contributed by atoms with E-state index in [9.17, 15) is 9.59 Å². The van der Waals surface area contributed by atoms with E-state index in [1.54, 1.807) is 24.1 Å². The van der Waals surface area contributed by atoms with Crippen LogP contribution in [0, 0.1) is 5.92 Å². The molecule has 1 fully saturated rings. The first-order chi connectivity index (χ1) is 10.1. The molecule has 2 amide bonds. The number of amides is 2. The number of hydrogen-bond donors (Lipinski definition) is 1. The van der Waals surface area contributed by atoms with Crippen molar-refractivity contribution in [1.29, 1.82) is 0 Å². The van der Waals surface area contributed by atoms with Crippen molar-refractivity contribution in [3.63, 3.8) is 0 Å². The molecule has 1 aromatic rings. The van der Waals surface area contributed by atoms with E-state index in [2.05, 4.69) is 0 Å². The molecule has 5 heteroatoms. The summed E-state index contributed by atoms with van der Waals surface area (Å²) >= 11 is 0. The number of rotatable bonds is 5. The van der Waals surface area contributed by atoms with Crippen LogP contribution in [-0.4, -0.2) is 60.0 Å². The number of aliphatic hydroxyl groups is 1. The highest BCUT2D eigenvalue weighted by molar-refractivity contribution is 5.96. The van der Waals surface area contributed by atoms with Crippen molar-refractivity contribution < 1.29 is 14.7 Å². The van der Waals surface area contributed by atoms with Gasteiger partial charge in [0, 0.05) is 32.3 Å². The summed E-state index contributed by atoms with van der Waals surface area (Å²) in [7, 11) is 1.65. The molecule has 0 aromatic heterocycles. The van der Waals surface area contributed by atoms with Gasteiger partial charge >= 0.3 is 0 Å². The molecule has 1 saturated heterocycles. The molecule has 1 unspecified atom stereocenters. The van der Waals surface area contributed by atoms with Crippen LogP contribution in [-0.2, 0) is 4.79 Å². The number of benzene rings is 1. The van der Waals surface area contributed by atoms with Crippen molar-refractivity contribution in [3.8, 4) is 0 Å². The van der Waals surface area contributed by atoms with E-state index in [1.807, 2.05) is 18.2 Å². The van der Waals surface area contributed by atoms with Crippen LogP contribution in [0.4, 0.5) is 0 Å². The third-order valence-electron chi connectivity index (χ3n) is 3.92. The maximum absolute atomic E-state index is 12.2. The summed E-state index contributed by atoms with van der Waals surface area (Å²) in [5.41, 5.74) is 0.590. The normalized spacial score (nSPS) is 17.8. The summed E-state index contributed by atoms with van der Waals surface area (Å²) < 4.78 is 0. The van der Waals surface area contributed by atoms with Gasteiger partial charge in [0.15, 0.2) is 0 Å². The van der Waals surface area contributed by atoms with Gasteiger partial charge in [-0.15, -0.1) is 0 Å². The summed E-state index contributed by atoms with van der Waals surface area (Å²) in [6, 6.07) is 8.96. The molecule has 1 heterocycles. The Morgan fingerprint density at radius 1 is 1.33 bits per heavy atom. The maximum Gasteiger partial charge on any atom is 0.254 e. The van der Waals surface area contributed by atoms with Gasteiger partial charge in [-0.2, -0.15) is 0 Å². The Labute approximate surface area is 125 Å². The van der Waals surface area contributed by atoms with Gasteiger partial charge in [-0.25, -0.2) is 0 Å². The van der Waals surface area contributed by atoms with Gasteiger partial charge in [-0.05, 0) is 30.9 Å². The molecule has 0 aliphatic carbocycles. The second-order valence-electron chi connectivity index (χ2n) is 5.53. The molecule has 5 nitrogen and oxygen atoms in total. The average molecular weight is 290 g/mol. The molecule has 2 rings (SSSR count). The maximum atomic E-state index is 12.2. The minimum Gasteiger partial charge on any atom is -0.396 e. The monoisotopic (exact) mass is 290 g/mol. The summed E-state index contributed by atoms with van der Waals surface area (Å²) in [5.74, 6) is 0.214. The molecule has 114 valence electrons. The Balaban J connectivity index is 1.87. The summed E-state index contributed by atoms with van der Waals surface area (Å²) in [6.45, 7) is 1.67. The fourth-order valence-electron chi connectivity index (χ4n) is 2.65.